The number of hydrogen-bond donors (Lipinski definition) is 2. The van der Waals surface area contributed by atoms with Gasteiger partial charge in [0.25, 0.3) is 0 Å². The van der Waals surface area contributed by atoms with E-state index in [1.807, 2.05) is 24.3 Å². The molecule has 0 saturated carbocycles. The van der Waals surface area contributed by atoms with Gasteiger partial charge >= 0.3 is 0 Å². The number of nitrogen functional groups attached to an aromatic ring is 1. The Bertz CT molecular complexity index is 587. The second-order valence-corrected chi connectivity index (χ2v) is 4.79. The predicted octanol–water partition coefficient (Wildman–Crippen LogP) is 2.26. The van der Waals surface area contributed by atoms with Crippen LogP contribution in [0.3, 0.4) is 0 Å². The molecular weight excluding hydrogens is 280 g/mol. The number of rotatable bonds is 8. The summed E-state index contributed by atoms with van der Waals surface area (Å²) >= 11 is 0. The lowest BCUT2D eigenvalue weighted by Crippen LogP contribution is -2.07. The van der Waals surface area contributed by atoms with Gasteiger partial charge in [-0.3, -0.25) is 0 Å². The molecule has 2 rings (SSSR count). The predicted molar refractivity (Wildman–Crippen MR) is 87.0 cm³/mol. The zero-order chi connectivity index (χ0) is 15.8. The molecule has 3 N–H and O–H groups in total. The fourth-order valence-corrected chi connectivity index (χ4v) is 1.96. The minimum absolute atomic E-state index is 0.279. The Morgan fingerprint density at radius 1 is 1.18 bits per heavy atom. The quantitative estimate of drug-likeness (QED) is 0.728. The largest absolute Gasteiger partial charge is 0.491 e. The Morgan fingerprint density at radius 2 is 1.95 bits per heavy atom. The van der Waals surface area contributed by atoms with E-state index in [4.69, 9.17) is 15.2 Å². The topological polar surface area (TPSA) is 82.3 Å². The summed E-state index contributed by atoms with van der Waals surface area (Å²) in [6.45, 7) is 3.86. The van der Waals surface area contributed by atoms with Crippen LogP contribution < -0.4 is 15.8 Å². The van der Waals surface area contributed by atoms with Crippen molar-refractivity contribution in [3.05, 3.63) is 41.6 Å². The summed E-state index contributed by atoms with van der Waals surface area (Å²) in [5, 5.41) is 3.30. The monoisotopic (exact) mass is 302 g/mol. The molecule has 1 heterocycles. The van der Waals surface area contributed by atoms with E-state index in [-0.39, 0.29) is 5.95 Å². The van der Waals surface area contributed by atoms with E-state index in [1.54, 1.807) is 13.3 Å². The van der Waals surface area contributed by atoms with Crippen LogP contribution in [0.5, 0.6) is 5.75 Å². The van der Waals surface area contributed by atoms with Gasteiger partial charge in [0, 0.05) is 25.4 Å². The average molecular weight is 302 g/mol. The van der Waals surface area contributed by atoms with Crippen molar-refractivity contribution in [2.45, 2.75) is 19.9 Å². The van der Waals surface area contributed by atoms with E-state index in [0.29, 0.717) is 19.8 Å². The number of nitrogens with one attached hydrogen (secondary N) is 1. The van der Waals surface area contributed by atoms with Gasteiger partial charge in [-0.2, -0.15) is 4.98 Å². The summed E-state index contributed by atoms with van der Waals surface area (Å²) in [6.07, 6.45) is 2.62. The molecule has 0 aliphatic rings. The van der Waals surface area contributed by atoms with Crippen LogP contribution in [0.15, 0.2) is 30.5 Å². The molecule has 2 aromatic rings. The zero-order valence-corrected chi connectivity index (χ0v) is 13.0. The first-order valence-corrected chi connectivity index (χ1v) is 7.29. The maximum Gasteiger partial charge on any atom is 0.221 e. The summed E-state index contributed by atoms with van der Waals surface area (Å²) in [4.78, 5) is 8.26. The van der Waals surface area contributed by atoms with E-state index in [2.05, 4.69) is 22.2 Å². The smallest absolute Gasteiger partial charge is 0.221 e. The van der Waals surface area contributed by atoms with Gasteiger partial charge in [0.15, 0.2) is 0 Å². The van der Waals surface area contributed by atoms with Gasteiger partial charge in [0.05, 0.1) is 6.61 Å². The molecule has 0 unspecified atom stereocenters. The lowest BCUT2D eigenvalue weighted by Gasteiger charge is -2.11. The molecule has 6 heteroatoms. The summed E-state index contributed by atoms with van der Waals surface area (Å²) < 4.78 is 10.5. The van der Waals surface area contributed by atoms with Gasteiger partial charge in [-0.05, 0) is 24.1 Å². The summed E-state index contributed by atoms with van der Waals surface area (Å²) in [7, 11) is 1.66. The Labute approximate surface area is 130 Å². The van der Waals surface area contributed by atoms with Crippen molar-refractivity contribution in [3.8, 4) is 5.75 Å². The number of ether oxygens (including phenoxy) is 2. The van der Waals surface area contributed by atoms with E-state index >= 15 is 0 Å². The third-order valence-corrected chi connectivity index (χ3v) is 3.20. The van der Waals surface area contributed by atoms with Crippen LogP contribution in [-0.2, 0) is 17.7 Å². The highest BCUT2D eigenvalue weighted by atomic mass is 16.5. The minimum atomic E-state index is 0.279. The maximum atomic E-state index is 5.64. The number of nitrogens with two attached hydrogens (primary N) is 1. The highest BCUT2D eigenvalue weighted by molar-refractivity contribution is 5.46. The molecule has 0 spiro atoms. The number of aromatic nitrogens is 2. The first kappa shape index (κ1) is 16.0. The minimum Gasteiger partial charge on any atom is -0.491 e. The summed E-state index contributed by atoms with van der Waals surface area (Å²) in [5.41, 5.74) is 7.83. The third kappa shape index (κ3) is 4.60. The van der Waals surface area contributed by atoms with E-state index in [1.165, 1.54) is 0 Å². The molecule has 0 atom stereocenters. The normalized spacial score (nSPS) is 10.5. The van der Waals surface area contributed by atoms with Crippen molar-refractivity contribution in [1.29, 1.82) is 0 Å². The number of nitrogens with zero attached hydrogens (tertiary/aromatic N) is 2. The van der Waals surface area contributed by atoms with Crippen molar-refractivity contribution in [2.75, 3.05) is 31.4 Å². The highest BCUT2D eigenvalue weighted by Gasteiger charge is 2.04. The average Bonchev–Trinajstić information content (AvgIpc) is 2.54. The van der Waals surface area contributed by atoms with Crippen LogP contribution in [-0.4, -0.2) is 30.3 Å². The highest BCUT2D eigenvalue weighted by Crippen LogP contribution is 2.16. The molecule has 6 nitrogen and oxygen atoms in total. The van der Waals surface area contributed by atoms with Gasteiger partial charge in [-0.25, -0.2) is 4.98 Å². The van der Waals surface area contributed by atoms with Crippen LogP contribution in [0.4, 0.5) is 11.8 Å². The first-order chi connectivity index (χ1) is 10.7. The fourth-order valence-electron chi connectivity index (χ4n) is 1.96. The van der Waals surface area contributed by atoms with Crippen molar-refractivity contribution in [1.82, 2.24) is 9.97 Å². The Balaban J connectivity index is 1.93. The second-order valence-electron chi connectivity index (χ2n) is 4.79. The molecule has 0 bridgehead atoms. The maximum absolute atomic E-state index is 5.64. The molecule has 1 aromatic heterocycles. The fraction of sp³-hybridized carbons (Fsp3) is 0.375. The molecule has 1 aromatic carbocycles. The number of benzene rings is 1. The lowest BCUT2D eigenvalue weighted by atomic mass is 10.2. The first-order valence-electron chi connectivity index (χ1n) is 7.29. The molecule has 0 aliphatic carbocycles. The van der Waals surface area contributed by atoms with Crippen LogP contribution in [0.25, 0.3) is 0 Å². The van der Waals surface area contributed by atoms with E-state index < -0.39 is 0 Å². The van der Waals surface area contributed by atoms with Crippen LogP contribution in [0, 0.1) is 0 Å². The molecule has 0 aliphatic heterocycles. The molecule has 22 heavy (non-hydrogen) atoms. The van der Waals surface area contributed by atoms with Crippen molar-refractivity contribution in [2.24, 2.45) is 0 Å². The van der Waals surface area contributed by atoms with Gasteiger partial charge in [-0.1, -0.05) is 19.1 Å². The van der Waals surface area contributed by atoms with Gasteiger partial charge in [0.1, 0.15) is 18.2 Å². The van der Waals surface area contributed by atoms with Crippen molar-refractivity contribution in [3.63, 3.8) is 0 Å². The molecular formula is C16H22N4O2. The Morgan fingerprint density at radius 3 is 2.64 bits per heavy atom. The standard InChI is InChI=1S/C16H22N4O2/c1-3-13-11-19-16(17)20-15(13)18-10-12-4-6-14(7-5-12)22-9-8-21-2/h4-7,11H,3,8-10H2,1-2H3,(H3,17,18,19,20). The number of hydrogen-bond acceptors (Lipinski definition) is 6. The van der Waals surface area contributed by atoms with Crippen LogP contribution >= 0.6 is 0 Å². The number of anilines is 2. The van der Waals surface area contributed by atoms with Crippen molar-refractivity contribution < 1.29 is 9.47 Å². The molecule has 0 saturated heterocycles. The lowest BCUT2D eigenvalue weighted by molar-refractivity contribution is 0.146. The molecule has 0 radical (unpaired) electrons. The third-order valence-electron chi connectivity index (χ3n) is 3.20. The van der Waals surface area contributed by atoms with Gasteiger partial charge in [-0.15, -0.1) is 0 Å². The summed E-state index contributed by atoms with van der Waals surface area (Å²) in [6, 6.07) is 7.93. The molecule has 0 amide bonds. The molecule has 118 valence electrons. The van der Waals surface area contributed by atoms with Crippen LogP contribution in [0.2, 0.25) is 0 Å². The Kier molecular flexibility index (Phi) is 5.97. The zero-order valence-electron chi connectivity index (χ0n) is 13.0. The molecule has 0 fully saturated rings. The second kappa shape index (κ2) is 8.19. The number of aryl methyl sites for hydroxylation is 1. The van der Waals surface area contributed by atoms with Crippen LogP contribution in [0.1, 0.15) is 18.1 Å². The SMILES string of the molecule is CCc1cnc(N)nc1NCc1ccc(OCCOC)cc1. The summed E-state index contributed by atoms with van der Waals surface area (Å²) in [5.74, 6) is 1.90. The van der Waals surface area contributed by atoms with E-state index in [0.717, 1.165) is 29.1 Å². The van der Waals surface area contributed by atoms with Crippen molar-refractivity contribution >= 4 is 11.8 Å². The van der Waals surface area contributed by atoms with Gasteiger partial charge in [0.2, 0.25) is 5.95 Å². The Hall–Kier alpha value is -2.34. The van der Waals surface area contributed by atoms with Gasteiger partial charge < -0.3 is 20.5 Å². The number of methoxy groups -OCH3 is 1. The van der Waals surface area contributed by atoms with E-state index in [9.17, 15) is 0 Å².